The van der Waals surface area contributed by atoms with Crippen molar-refractivity contribution in [1.82, 2.24) is 0 Å². The lowest BCUT2D eigenvalue weighted by Gasteiger charge is -2.30. The molecule has 2 heteroatoms. The number of aliphatic hydroxyl groups excluding tert-OH is 1. The summed E-state index contributed by atoms with van der Waals surface area (Å²) in [6.45, 7) is 0. The normalized spacial score (nSPS) is 21.3. The van der Waals surface area contributed by atoms with E-state index in [2.05, 4.69) is 12.1 Å². The van der Waals surface area contributed by atoms with E-state index in [0.717, 1.165) is 22.6 Å². The largest absolute Gasteiger partial charge is 0.456 e. The lowest BCUT2D eigenvalue weighted by molar-refractivity contribution is 0.202. The molecule has 108 valence electrons. The van der Waals surface area contributed by atoms with E-state index in [-0.39, 0.29) is 0 Å². The molecule has 2 aliphatic rings. The van der Waals surface area contributed by atoms with Gasteiger partial charge in [-0.2, -0.15) is 0 Å². The molecule has 1 aliphatic carbocycles. The first-order valence-electron chi connectivity index (χ1n) is 7.92. The number of hydrogen-bond acceptors (Lipinski definition) is 2. The van der Waals surface area contributed by atoms with Crippen molar-refractivity contribution in [3.63, 3.8) is 0 Å². The molecule has 4 rings (SSSR count). The minimum Gasteiger partial charge on any atom is -0.456 e. The maximum atomic E-state index is 10.7. The fourth-order valence-electron chi connectivity index (χ4n) is 3.72. The number of ether oxygens (including phenoxy) is 1. The van der Waals surface area contributed by atoms with Gasteiger partial charge in [0.2, 0.25) is 0 Å². The fourth-order valence-corrected chi connectivity index (χ4v) is 3.72. The van der Waals surface area contributed by atoms with Crippen LogP contribution >= 0.6 is 0 Å². The molecule has 1 atom stereocenters. The van der Waals surface area contributed by atoms with Gasteiger partial charge in [-0.1, -0.05) is 55.7 Å². The smallest absolute Gasteiger partial charge is 0.137 e. The summed E-state index contributed by atoms with van der Waals surface area (Å²) in [6, 6.07) is 14.0. The predicted octanol–water partition coefficient (Wildman–Crippen LogP) is 4.92. The molecule has 0 aromatic heterocycles. The van der Waals surface area contributed by atoms with Gasteiger partial charge in [-0.3, -0.25) is 0 Å². The molecule has 1 fully saturated rings. The SMILES string of the molecule is OC1c2ccccc2Oc2c(C3CCCCC3)cccc21. The zero-order chi connectivity index (χ0) is 14.2. The van der Waals surface area contributed by atoms with Crippen molar-refractivity contribution in [3.05, 3.63) is 59.2 Å². The minimum atomic E-state index is -0.575. The van der Waals surface area contributed by atoms with Gasteiger partial charge in [-0.05, 0) is 30.4 Å². The maximum Gasteiger partial charge on any atom is 0.137 e. The highest BCUT2D eigenvalue weighted by molar-refractivity contribution is 5.55. The summed E-state index contributed by atoms with van der Waals surface area (Å²) in [6.07, 6.45) is 5.84. The lowest BCUT2D eigenvalue weighted by atomic mass is 9.82. The van der Waals surface area contributed by atoms with Crippen LogP contribution < -0.4 is 4.74 Å². The van der Waals surface area contributed by atoms with Crippen molar-refractivity contribution >= 4 is 0 Å². The summed E-state index contributed by atoms with van der Waals surface area (Å²) in [5.41, 5.74) is 3.06. The molecule has 0 amide bonds. The third kappa shape index (κ3) is 2.14. The first-order chi connectivity index (χ1) is 10.3. The Bertz CT molecular complexity index is 656. The Hall–Kier alpha value is -1.80. The van der Waals surface area contributed by atoms with Crippen molar-refractivity contribution in [2.75, 3.05) is 0 Å². The Balaban J connectivity index is 1.79. The van der Waals surface area contributed by atoms with Crippen LogP contribution in [0.2, 0.25) is 0 Å². The molecular formula is C19H20O2. The molecule has 0 spiro atoms. The standard InChI is InChI=1S/C19H20O2/c20-18-15-9-4-5-12-17(15)21-19-14(10-6-11-16(18)19)13-7-2-1-3-8-13/h4-6,9-13,18,20H,1-3,7-8H2. The lowest BCUT2D eigenvalue weighted by Crippen LogP contribution is -2.13. The summed E-state index contributed by atoms with van der Waals surface area (Å²) in [5, 5.41) is 10.7. The molecule has 2 nitrogen and oxygen atoms in total. The maximum absolute atomic E-state index is 10.7. The van der Waals surface area contributed by atoms with E-state index in [1.54, 1.807) is 0 Å². The van der Waals surface area contributed by atoms with Gasteiger partial charge >= 0.3 is 0 Å². The molecule has 0 radical (unpaired) electrons. The van der Waals surface area contributed by atoms with Crippen molar-refractivity contribution in [1.29, 1.82) is 0 Å². The van der Waals surface area contributed by atoms with Gasteiger partial charge in [0.05, 0.1) is 0 Å². The summed E-state index contributed by atoms with van der Waals surface area (Å²) in [7, 11) is 0. The highest BCUT2D eigenvalue weighted by Gasteiger charge is 2.29. The second kappa shape index (κ2) is 5.19. The number of hydrogen-bond donors (Lipinski definition) is 1. The van der Waals surface area contributed by atoms with Gasteiger partial charge in [0.15, 0.2) is 0 Å². The van der Waals surface area contributed by atoms with Crippen LogP contribution in [0.4, 0.5) is 0 Å². The van der Waals surface area contributed by atoms with Crippen LogP contribution in [0.1, 0.15) is 60.8 Å². The molecule has 0 bridgehead atoms. The Morgan fingerprint density at radius 2 is 1.52 bits per heavy atom. The van der Waals surface area contributed by atoms with Crippen molar-refractivity contribution < 1.29 is 9.84 Å². The summed E-state index contributed by atoms with van der Waals surface area (Å²) in [5.74, 6) is 2.27. The van der Waals surface area contributed by atoms with E-state index >= 15 is 0 Å². The highest BCUT2D eigenvalue weighted by Crippen LogP contribution is 2.48. The molecule has 1 unspecified atom stereocenters. The van der Waals surface area contributed by atoms with E-state index in [1.165, 1.54) is 37.7 Å². The first kappa shape index (κ1) is 12.9. The van der Waals surface area contributed by atoms with E-state index in [9.17, 15) is 5.11 Å². The van der Waals surface area contributed by atoms with E-state index in [1.807, 2.05) is 30.3 Å². The number of fused-ring (bicyclic) bond motifs is 2. The first-order valence-corrected chi connectivity index (χ1v) is 7.92. The van der Waals surface area contributed by atoms with E-state index < -0.39 is 6.10 Å². The predicted molar refractivity (Wildman–Crippen MR) is 82.8 cm³/mol. The Kier molecular flexibility index (Phi) is 3.19. The van der Waals surface area contributed by atoms with Crippen molar-refractivity contribution in [2.45, 2.75) is 44.1 Å². The quantitative estimate of drug-likeness (QED) is 0.803. The van der Waals surface area contributed by atoms with Crippen LogP contribution in [0.15, 0.2) is 42.5 Å². The molecule has 1 N–H and O–H groups in total. The second-order valence-electron chi connectivity index (χ2n) is 6.14. The average Bonchev–Trinajstić information content (AvgIpc) is 2.56. The molecule has 1 aliphatic heterocycles. The molecule has 1 saturated carbocycles. The van der Waals surface area contributed by atoms with Gasteiger partial charge in [0.25, 0.3) is 0 Å². The van der Waals surface area contributed by atoms with Crippen molar-refractivity contribution in [3.8, 4) is 11.5 Å². The molecule has 0 saturated heterocycles. The van der Waals surface area contributed by atoms with Crippen molar-refractivity contribution in [2.24, 2.45) is 0 Å². The summed E-state index contributed by atoms with van der Waals surface area (Å²) >= 11 is 0. The van der Waals surface area contributed by atoms with Crippen LogP contribution in [0.5, 0.6) is 11.5 Å². The average molecular weight is 280 g/mol. The van der Waals surface area contributed by atoms with E-state index in [4.69, 9.17) is 4.74 Å². The van der Waals surface area contributed by atoms with Crippen LogP contribution in [0, 0.1) is 0 Å². The molecule has 1 heterocycles. The van der Waals surface area contributed by atoms with Gasteiger partial charge < -0.3 is 9.84 Å². The molecule has 21 heavy (non-hydrogen) atoms. The highest BCUT2D eigenvalue weighted by atomic mass is 16.5. The second-order valence-corrected chi connectivity index (χ2v) is 6.14. The van der Waals surface area contributed by atoms with Gasteiger partial charge in [0, 0.05) is 11.1 Å². The number of para-hydroxylation sites is 2. The fraction of sp³-hybridized carbons (Fsp3) is 0.368. The minimum absolute atomic E-state index is 0.575. The third-order valence-corrected chi connectivity index (χ3v) is 4.84. The van der Waals surface area contributed by atoms with Gasteiger partial charge in [0.1, 0.15) is 17.6 Å². The van der Waals surface area contributed by atoms with Crippen LogP contribution in [-0.4, -0.2) is 5.11 Å². The zero-order valence-electron chi connectivity index (χ0n) is 12.1. The topological polar surface area (TPSA) is 29.5 Å². The van der Waals surface area contributed by atoms with Crippen LogP contribution in [0.3, 0.4) is 0 Å². The number of aliphatic hydroxyl groups is 1. The monoisotopic (exact) mass is 280 g/mol. The molecular weight excluding hydrogens is 260 g/mol. The van der Waals surface area contributed by atoms with Gasteiger partial charge in [-0.25, -0.2) is 0 Å². The molecule has 2 aromatic rings. The Morgan fingerprint density at radius 1 is 0.810 bits per heavy atom. The Morgan fingerprint density at radius 3 is 2.38 bits per heavy atom. The van der Waals surface area contributed by atoms with Gasteiger partial charge in [-0.15, -0.1) is 0 Å². The van der Waals surface area contributed by atoms with Crippen LogP contribution in [-0.2, 0) is 0 Å². The molecule has 2 aromatic carbocycles. The number of benzene rings is 2. The van der Waals surface area contributed by atoms with Crippen LogP contribution in [0.25, 0.3) is 0 Å². The summed E-state index contributed by atoms with van der Waals surface area (Å²) < 4.78 is 6.17. The Labute approximate surface area is 125 Å². The van der Waals surface area contributed by atoms with E-state index in [0.29, 0.717) is 5.92 Å². The number of rotatable bonds is 1. The third-order valence-electron chi connectivity index (χ3n) is 4.84. The zero-order valence-corrected chi connectivity index (χ0v) is 12.1. The summed E-state index contributed by atoms with van der Waals surface area (Å²) in [4.78, 5) is 0.